The Morgan fingerprint density at radius 2 is 1.77 bits per heavy atom. The van der Waals surface area contributed by atoms with E-state index in [1.54, 1.807) is 0 Å². The molecule has 26 heavy (non-hydrogen) atoms. The number of benzene rings is 1. The van der Waals surface area contributed by atoms with Gasteiger partial charge in [0.1, 0.15) is 5.75 Å². The number of hydrogen-bond acceptors (Lipinski definition) is 2. The van der Waals surface area contributed by atoms with Crippen LogP contribution < -0.4 is 5.69 Å². The highest BCUT2D eigenvalue weighted by atomic mass is 19.4. The molecule has 0 atom stereocenters. The molecule has 0 radical (unpaired) electrons. The normalized spacial score (nSPS) is 14.8. The van der Waals surface area contributed by atoms with Crippen LogP contribution >= 0.6 is 0 Å². The minimum Gasteiger partial charge on any atom is -0.506 e. The van der Waals surface area contributed by atoms with Crippen LogP contribution in [0, 0.1) is 0 Å². The average molecular weight is 376 g/mol. The molecule has 0 fully saturated rings. The number of halogens is 6. The highest BCUT2D eigenvalue weighted by Crippen LogP contribution is 2.36. The van der Waals surface area contributed by atoms with Crippen molar-refractivity contribution in [2.45, 2.75) is 18.8 Å². The first-order chi connectivity index (χ1) is 12.0. The molecule has 1 aromatic heterocycles. The van der Waals surface area contributed by atoms with Gasteiger partial charge in [-0.25, -0.2) is 4.79 Å². The highest BCUT2D eigenvalue weighted by Gasteiger charge is 2.34. The molecule has 3 rings (SSSR count). The minimum absolute atomic E-state index is 0.0936. The molecule has 1 heterocycles. The van der Waals surface area contributed by atoms with Crippen molar-refractivity contribution >= 4 is 12.2 Å². The molecule has 2 aromatic rings. The molecule has 0 bridgehead atoms. The van der Waals surface area contributed by atoms with Crippen LogP contribution in [0.1, 0.15) is 23.4 Å². The fraction of sp³-hybridized carbons (Fsp3) is 0.188. The number of H-pyrrole nitrogens is 1. The summed E-state index contributed by atoms with van der Waals surface area (Å²) in [5.41, 5.74) is -3.81. The Bertz CT molecular complexity index is 976. The van der Waals surface area contributed by atoms with E-state index in [4.69, 9.17) is 0 Å². The molecule has 0 saturated heterocycles. The van der Waals surface area contributed by atoms with Gasteiger partial charge in [0.05, 0.1) is 22.6 Å². The lowest BCUT2D eigenvalue weighted by Gasteiger charge is -2.12. The maximum atomic E-state index is 12.9. The number of allylic oxidation sites excluding steroid dienone is 2. The van der Waals surface area contributed by atoms with Crippen molar-refractivity contribution in [3.8, 4) is 11.4 Å². The van der Waals surface area contributed by atoms with Gasteiger partial charge in [-0.2, -0.15) is 26.3 Å². The fourth-order valence-electron chi connectivity index (χ4n) is 2.59. The minimum atomic E-state index is -4.72. The standard InChI is InChI=1S/C16H10F6N2O2/c17-15(18,19)8-2-1-3-11-10(6-8)23-14(26)24(11)12-7-9(16(20,21)22)4-5-13(12)25/h1,3-7,25H,2H2,(H,23,26). The predicted molar refractivity (Wildman–Crippen MR) is 80.7 cm³/mol. The topological polar surface area (TPSA) is 58.0 Å². The number of fused-ring (bicyclic) bond motifs is 1. The van der Waals surface area contributed by atoms with Gasteiger partial charge in [0.15, 0.2) is 0 Å². The van der Waals surface area contributed by atoms with E-state index in [1.807, 2.05) is 0 Å². The van der Waals surface area contributed by atoms with Crippen LogP contribution in [0.15, 0.2) is 34.6 Å². The van der Waals surface area contributed by atoms with Crippen LogP contribution in [0.2, 0.25) is 0 Å². The molecule has 0 saturated carbocycles. The molecule has 1 aromatic carbocycles. The second kappa shape index (κ2) is 5.82. The number of hydrogen-bond donors (Lipinski definition) is 2. The zero-order valence-electron chi connectivity index (χ0n) is 12.7. The third-order valence-corrected chi connectivity index (χ3v) is 3.80. The molecule has 138 valence electrons. The van der Waals surface area contributed by atoms with Gasteiger partial charge in [-0.1, -0.05) is 6.08 Å². The summed E-state index contributed by atoms with van der Waals surface area (Å²) in [5, 5.41) is 9.89. The largest absolute Gasteiger partial charge is 0.506 e. The van der Waals surface area contributed by atoms with E-state index in [9.17, 15) is 36.2 Å². The first kappa shape index (κ1) is 17.9. The number of imidazole rings is 1. The summed E-state index contributed by atoms with van der Waals surface area (Å²) in [5.74, 6) is -0.625. The Labute approximate surface area is 141 Å². The highest BCUT2D eigenvalue weighted by molar-refractivity contribution is 5.68. The smallest absolute Gasteiger partial charge is 0.416 e. The monoisotopic (exact) mass is 376 g/mol. The Kier molecular flexibility index (Phi) is 4.01. The number of nitrogens with zero attached hydrogens (tertiary/aromatic N) is 1. The third kappa shape index (κ3) is 3.14. The SMILES string of the molecule is O=c1[nH]c2c(n1-c1cc(C(F)(F)F)ccc1O)C=CCC(C(F)(F)F)=C2. The molecule has 10 heteroatoms. The van der Waals surface area contributed by atoms with E-state index in [1.165, 1.54) is 6.08 Å². The molecule has 4 nitrogen and oxygen atoms in total. The number of phenols is 1. The number of alkyl halides is 6. The van der Waals surface area contributed by atoms with E-state index >= 15 is 0 Å². The lowest BCUT2D eigenvalue weighted by molar-refractivity contribution is -0.137. The van der Waals surface area contributed by atoms with E-state index < -0.39 is 47.0 Å². The second-order valence-corrected chi connectivity index (χ2v) is 5.54. The average Bonchev–Trinajstić information content (AvgIpc) is 2.67. The Balaban J connectivity index is 2.24. The van der Waals surface area contributed by atoms with Gasteiger partial charge in [-0.3, -0.25) is 4.57 Å². The Morgan fingerprint density at radius 1 is 1.08 bits per heavy atom. The summed E-state index contributed by atoms with van der Waals surface area (Å²) >= 11 is 0. The molecule has 1 aliphatic rings. The van der Waals surface area contributed by atoms with Crippen LogP contribution in [0.3, 0.4) is 0 Å². The van der Waals surface area contributed by atoms with Gasteiger partial charge in [0.25, 0.3) is 0 Å². The quantitative estimate of drug-likeness (QED) is 0.731. The number of aromatic hydroxyl groups is 1. The lowest BCUT2D eigenvalue weighted by atomic mass is 10.1. The zero-order valence-corrected chi connectivity index (χ0v) is 12.7. The van der Waals surface area contributed by atoms with E-state index in [0.29, 0.717) is 16.7 Å². The Morgan fingerprint density at radius 3 is 2.38 bits per heavy atom. The first-order valence-electron chi connectivity index (χ1n) is 7.18. The molecule has 2 N–H and O–H groups in total. The summed E-state index contributed by atoms with van der Waals surface area (Å²) in [6, 6.07) is 1.95. The van der Waals surface area contributed by atoms with Crippen molar-refractivity contribution in [1.29, 1.82) is 0 Å². The van der Waals surface area contributed by atoms with Crippen molar-refractivity contribution in [3.05, 3.63) is 57.3 Å². The summed E-state index contributed by atoms with van der Waals surface area (Å²) in [4.78, 5) is 14.3. The summed E-state index contributed by atoms with van der Waals surface area (Å²) < 4.78 is 78.2. The molecule has 0 unspecified atom stereocenters. The van der Waals surface area contributed by atoms with Crippen molar-refractivity contribution in [2.24, 2.45) is 0 Å². The summed E-state index contributed by atoms with van der Waals surface area (Å²) in [6.07, 6.45) is -6.77. The van der Waals surface area contributed by atoms with Gasteiger partial charge in [-0.05, 0) is 36.8 Å². The predicted octanol–water partition coefficient (Wildman–Crippen LogP) is 4.25. The van der Waals surface area contributed by atoms with Crippen LogP contribution in [-0.2, 0) is 6.18 Å². The summed E-state index contributed by atoms with van der Waals surface area (Å²) in [7, 11) is 0. The Hall–Kier alpha value is -2.91. The van der Waals surface area contributed by atoms with Crippen LogP contribution in [0.5, 0.6) is 5.75 Å². The van der Waals surface area contributed by atoms with E-state index in [2.05, 4.69) is 4.98 Å². The lowest BCUT2D eigenvalue weighted by Crippen LogP contribution is -2.17. The van der Waals surface area contributed by atoms with Crippen molar-refractivity contribution in [1.82, 2.24) is 9.55 Å². The molecule has 0 spiro atoms. The van der Waals surface area contributed by atoms with E-state index in [-0.39, 0.29) is 11.4 Å². The maximum absolute atomic E-state index is 12.9. The first-order valence-corrected chi connectivity index (χ1v) is 7.18. The van der Waals surface area contributed by atoms with Crippen LogP contribution in [0.4, 0.5) is 26.3 Å². The van der Waals surface area contributed by atoms with Crippen molar-refractivity contribution in [3.63, 3.8) is 0 Å². The molecular weight excluding hydrogens is 366 g/mol. The fourth-order valence-corrected chi connectivity index (χ4v) is 2.59. The van der Waals surface area contributed by atoms with Gasteiger partial charge >= 0.3 is 18.0 Å². The van der Waals surface area contributed by atoms with E-state index in [0.717, 1.165) is 18.2 Å². The third-order valence-electron chi connectivity index (χ3n) is 3.80. The van der Waals surface area contributed by atoms with Gasteiger partial charge in [0.2, 0.25) is 0 Å². The summed E-state index contributed by atoms with van der Waals surface area (Å²) in [6.45, 7) is 0. The van der Waals surface area contributed by atoms with Crippen LogP contribution in [0.25, 0.3) is 17.8 Å². The zero-order chi connectivity index (χ0) is 19.3. The van der Waals surface area contributed by atoms with Gasteiger partial charge in [-0.15, -0.1) is 0 Å². The molecular formula is C16H10F6N2O2. The number of phenolic OH excluding ortho intramolecular Hbond substituents is 1. The number of aromatic nitrogens is 2. The van der Waals surface area contributed by atoms with Gasteiger partial charge in [0, 0.05) is 5.57 Å². The molecule has 1 aliphatic carbocycles. The van der Waals surface area contributed by atoms with Gasteiger partial charge < -0.3 is 10.1 Å². The van der Waals surface area contributed by atoms with Crippen molar-refractivity contribution in [2.75, 3.05) is 0 Å². The van der Waals surface area contributed by atoms with Crippen molar-refractivity contribution < 1.29 is 31.4 Å². The van der Waals surface area contributed by atoms with Crippen LogP contribution in [-0.4, -0.2) is 20.8 Å². The molecule has 0 amide bonds. The molecule has 0 aliphatic heterocycles. The maximum Gasteiger partial charge on any atom is 0.416 e. The number of aromatic amines is 1. The number of rotatable bonds is 1. The second-order valence-electron chi connectivity index (χ2n) is 5.54. The number of nitrogens with one attached hydrogen (secondary N) is 1.